The van der Waals surface area contributed by atoms with Crippen LogP contribution in [0.25, 0.3) is 0 Å². The average Bonchev–Trinajstić information content (AvgIpc) is 2.78. The first-order chi connectivity index (χ1) is 8.29. The first-order valence-electron chi connectivity index (χ1n) is 6.55. The molecule has 0 spiro atoms. The fourth-order valence-corrected chi connectivity index (χ4v) is 2.70. The van der Waals surface area contributed by atoms with Gasteiger partial charge in [-0.2, -0.15) is 0 Å². The van der Waals surface area contributed by atoms with Crippen molar-refractivity contribution < 1.29 is 4.52 Å². The fourth-order valence-electron chi connectivity index (χ4n) is 2.70. The highest BCUT2D eigenvalue weighted by Crippen LogP contribution is 2.29. The van der Waals surface area contributed by atoms with Crippen molar-refractivity contribution in [2.24, 2.45) is 11.7 Å². The van der Waals surface area contributed by atoms with Gasteiger partial charge in [-0.25, -0.2) is 4.79 Å². The second kappa shape index (κ2) is 6.00. The lowest BCUT2D eigenvalue weighted by atomic mass is 9.84. The van der Waals surface area contributed by atoms with Crippen molar-refractivity contribution in [3.05, 3.63) is 16.4 Å². The number of H-pyrrole nitrogens is 1. The molecule has 1 aromatic heterocycles. The van der Waals surface area contributed by atoms with Crippen LogP contribution in [0.4, 0.5) is 0 Å². The fraction of sp³-hybridized carbons (Fsp3) is 0.833. The van der Waals surface area contributed by atoms with Crippen molar-refractivity contribution in [1.82, 2.24) is 10.1 Å². The standard InChI is InChI=1S/C12H21N3O2/c13-8-10(11-14-12(16)17-15-11)7-6-9-4-2-1-3-5-9/h9-10H,1-8,13H2,(H,14,15,16). The van der Waals surface area contributed by atoms with E-state index in [0.29, 0.717) is 12.4 Å². The molecule has 1 unspecified atom stereocenters. The van der Waals surface area contributed by atoms with E-state index in [4.69, 9.17) is 5.73 Å². The minimum Gasteiger partial charge on any atom is -0.330 e. The van der Waals surface area contributed by atoms with Crippen molar-refractivity contribution in [2.75, 3.05) is 6.54 Å². The van der Waals surface area contributed by atoms with Crippen LogP contribution in [0.15, 0.2) is 9.32 Å². The van der Waals surface area contributed by atoms with Gasteiger partial charge in [0.1, 0.15) is 0 Å². The molecular weight excluding hydrogens is 218 g/mol. The molecule has 2 rings (SSSR count). The van der Waals surface area contributed by atoms with Crippen molar-refractivity contribution in [1.29, 1.82) is 0 Å². The minimum absolute atomic E-state index is 0.128. The van der Waals surface area contributed by atoms with Crippen LogP contribution in [0.2, 0.25) is 0 Å². The Kier molecular flexibility index (Phi) is 4.36. The highest BCUT2D eigenvalue weighted by molar-refractivity contribution is 4.92. The summed E-state index contributed by atoms with van der Waals surface area (Å²) in [5.74, 6) is 1.07. The van der Waals surface area contributed by atoms with Gasteiger partial charge in [-0.15, -0.1) is 0 Å². The quantitative estimate of drug-likeness (QED) is 0.820. The molecule has 1 atom stereocenters. The molecule has 0 aliphatic heterocycles. The summed E-state index contributed by atoms with van der Waals surface area (Å²) in [6, 6.07) is 0. The molecule has 96 valence electrons. The SMILES string of the molecule is NCC(CCC1CCCCC1)c1noc(=O)[nH]1. The summed E-state index contributed by atoms with van der Waals surface area (Å²) in [6.07, 6.45) is 8.95. The van der Waals surface area contributed by atoms with Gasteiger partial charge < -0.3 is 5.73 Å². The van der Waals surface area contributed by atoms with Crippen molar-refractivity contribution in [3.8, 4) is 0 Å². The van der Waals surface area contributed by atoms with E-state index in [-0.39, 0.29) is 5.92 Å². The van der Waals surface area contributed by atoms with E-state index < -0.39 is 5.76 Å². The number of aromatic nitrogens is 2. The summed E-state index contributed by atoms with van der Waals surface area (Å²) in [5, 5.41) is 3.73. The van der Waals surface area contributed by atoms with E-state index in [2.05, 4.69) is 14.7 Å². The Labute approximate surface area is 101 Å². The van der Waals surface area contributed by atoms with Gasteiger partial charge in [-0.3, -0.25) is 9.51 Å². The lowest BCUT2D eigenvalue weighted by molar-refractivity contribution is 0.319. The van der Waals surface area contributed by atoms with Gasteiger partial charge in [-0.05, 0) is 18.8 Å². The molecule has 5 heteroatoms. The van der Waals surface area contributed by atoms with Crippen LogP contribution in [0, 0.1) is 5.92 Å². The molecule has 17 heavy (non-hydrogen) atoms. The smallest absolute Gasteiger partial charge is 0.330 e. The Morgan fingerprint density at radius 3 is 2.76 bits per heavy atom. The molecule has 1 fully saturated rings. The molecule has 3 N–H and O–H groups in total. The zero-order chi connectivity index (χ0) is 12.1. The van der Waals surface area contributed by atoms with Gasteiger partial charge >= 0.3 is 5.76 Å². The lowest BCUT2D eigenvalue weighted by Gasteiger charge is -2.22. The minimum atomic E-state index is -0.490. The Bertz CT molecular complexity index is 379. The third-order valence-corrected chi connectivity index (χ3v) is 3.78. The molecule has 1 aliphatic carbocycles. The number of hydrogen-bond donors (Lipinski definition) is 2. The maximum Gasteiger partial charge on any atom is 0.438 e. The second-order valence-corrected chi connectivity index (χ2v) is 4.99. The van der Waals surface area contributed by atoms with Crippen LogP contribution in [0.5, 0.6) is 0 Å². The van der Waals surface area contributed by atoms with Crippen LogP contribution in [-0.2, 0) is 0 Å². The zero-order valence-electron chi connectivity index (χ0n) is 10.2. The van der Waals surface area contributed by atoms with Crippen LogP contribution in [0.3, 0.4) is 0 Å². The monoisotopic (exact) mass is 239 g/mol. The third-order valence-electron chi connectivity index (χ3n) is 3.78. The predicted molar refractivity (Wildman–Crippen MR) is 64.7 cm³/mol. The maximum absolute atomic E-state index is 10.9. The van der Waals surface area contributed by atoms with Crippen molar-refractivity contribution in [3.63, 3.8) is 0 Å². The van der Waals surface area contributed by atoms with Crippen LogP contribution in [-0.4, -0.2) is 16.7 Å². The first-order valence-corrected chi connectivity index (χ1v) is 6.55. The van der Waals surface area contributed by atoms with Crippen LogP contribution < -0.4 is 11.5 Å². The van der Waals surface area contributed by atoms with E-state index in [1.165, 1.54) is 38.5 Å². The van der Waals surface area contributed by atoms with Crippen molar-refractivity contribution >= 4 is 0 Å². The third kappa shape index (κ3) is 3.43. The number of nitrogens with two attached hydrogens (primary N) is 1. The van der Waals surface area contributed by atoms with Gasteiger partial charge in [0.2, 0.25) is 0 Å². The Balaban J connectivity index is 1.85. The molecule has 1 saturated carbocycles. The van der Waals surface area contributed by atoms with Gasteiger partial charge in [0.25, 0.3) is 0 Å². The second-order valence-electron chi connectivity index (χ2n) is 4.99. The number of nitrogens with one attached hydrogen (secondary N) is 1. The molecule has 0 bridgehead atoms. The molecule has 5 nitrogen and oxygen atoms in total. The maximum atomic E-state index is 10.9. The summed E-state index contributed by atoms with van der Waals surface area (Å²) in [4.78, 5) is 13.5. The molecule has 0 aromatic carbocycles. The topological polar surface area (TPSA) is 84.9 Å². The summed E-state index contributed by atoms with van der Waals surface area (Å²) in [6.45, 7) is 0.509. The van der Waals surface area contributed by atoms with E-state index in [0.717, 1.165) is 12.3 Å². The molecule has 1 heterocycles. The van der Waals surface area contributed by atoms with Crippen molar-refractivity contribution in [2.45, 2.75) is 50.9 Å². The Hall–Kier alpha value is -1.10. The van der Waals surface area contributed by atoms with E-state index in [1.54, 1.807) is 0 Å². The zero-order valence-corrected chi connectivity index (χ0v) is 10.2. The lowest BCUT2D eigenvalue weighted by Crippen LogP contribution is -2.17. The van der Waals surface area contributed by atoms with Crippen LogP contribution in [0.1, 0.15) is 56.7 Å². The largest absolute Gasteiger partial charge is 0.438 e. The number of rotatable bonds is 5. The molecule has 0 amide bonds. The van der Waals surface area contributed by atoms with Gasteiger partial charge in [0.05, 0.1) is 0 Å². The summed E-state index contributed by atoms with van der Waals surface area (Å²) < 4.78 is 4.52. The normalized spacial score (nSPS) is 19.4. The summed E-state index contributed by atoms with van der Waals surface area (Å²) in [5.41, 5.74) is 5.73. The molecule has 0 saturated heterocycles. The van der Waals surface area contributed by atoms with Gasteiger partial charge in [0.15, 0.2) is 5.82 Å². The van der Waals surface area contributed by atoms with E-state index in [1.807, 2.05) is 0 Å². The predicted octanol–water partition coefficient (Wildman–Crippen LogP) is 1.77. The molecule has 0 radical (unpaired) electrons. The first kappa shape index (κ1) is 12.4. The van der Waals surface area contributed by atoms with Gasteiger partial charge in [-0.1, -0.05) is 37.3 Å². The number of hydrogen-bond acceptors (Lipinski definition) is 4. The summed E-state index contributed by atoms with van der Waals surface area (Å²) in [7, 11) is 0. The molecule has 1 aromatic rings. The average molecular weight is 239 g/mol. The number of aromatic amines is 1. The summed E-state index contributed by atoms with van der Waals surface area (Å²) >= 11 is 0. The van der Waals surface area contributed by atoms with Crippen LogP contribution >= 0.6 is 0 Å². The Morgan fingerprint density at radius 1 is 1.41 bits per heavy atom. The number of nitrogens with zero attached hydrogens (tertiary/aromatic N) is 1. The molecular formula is C12H21N3O2. The van der Waals surface area contributed by atoms with E-state index >= 15 is 0 Å². The van der Waals surface area contributed by atoms with E-state index in [9.17, 15) is 4.79 Å². The highest BCUT2D eigenvalue weighted by Gasteiger charge is 2.19. The van der Waals surface area contributed by atoms with Gasteiger partial charge in [0, 0.05) is 12.5 Å². The molecule has 1 aliphatic rings. The Morgan fingerprint density at radius 2 is 2.18 bits per heavy atom. The highest BCUT2D eigenvalue weighted by atomic mass is 16.5.